The normalized spacial score (nSPS) is 10.5. The van der Waals surface area contributed by atoms with Crippen LogP contribution in [-0.2, 0) is 11.2 Å². The summed E-state index contributed by atoms with van der Waals surface area (Å²) in [5.41, 5.74) is 2.64. The van der Waals surface area contributed by atoms with Crippen LogP contribution in [0.5, 0.6) is 0 Å². The Bertz CT molecular complexity index is 327. The van der Waals surface area contributed by atoms with Crippen molar-refractivity contribution in [3.8, 4) is 0 Å². The predicted octanol–water partition coefficient (Wildman–Crippen LogP) is 2.88. The first kappa shape index (κ1) is 12.8. The molecule has 0 unspecified atom stereocenters. The first-order valence-corrected chi connectivity index (χ1v) is 5.99. The molecule has 1 rings (SSSR count). The highest BCUT2D eigenvalue weighted by Crippen LogP contribution is 2.14. The third kappa shape index (κ3) is 4.05. The van der Waals surface area contributed by atoms with Crippen molar-refractivity contribution in [2.24, 2.45) is 0 Å². The minimum absolute atomic E-state index is 0.124. The van der Waals surface area contributed by atoms with Gasteiger partial charge < -0.3 is 5.32 Å². The smallest absolute Gasteiger partial charge is 0.219 e. The Labute approximate surface area is 98.1 Å². The number of hydrogen-bond acceptors (Lipinski definition) is 1. The Kier molecular flexibility index (Phi) is 5.03. The Morgan fingerprint density at radius 1 is 1.25 bits per heavy atom. The second-order valence-electron chi connectivity index (χ2n) is 4.35. The molecule has 1 aromatic carbocycles. The van der Waals surface area contributed by atoms with Crippen LogP contribution in [0, 0.1) is 0 Å². The molecule has 0 spiro atoms. The summed E-state index contributed by atoms with van der Waals surface area (Å²) >= 11 is 0. The number of amides is 1. The third-order valence-electron chi connectivity index (χ3n) is 2.70. The minimum atomic E-state index is 0.124. The van der Waals surface area contributed by atoms with Crippen molar-refractivity contribution in [1.29, 1.82) is 0 Å². The first-order valence-electron chi connectivity index (χ1n) is 5.99. The lowest BCUT2D eigenvalue weighted by Gasteiger charge is -2.07. The van der Waals surface area contributed by atoms with E-state index in [1.807, 2.05) is 6.92 Å². The first-order chi connectivity index (χ1) is 7.63. The summed E-state index contributed by atoms with van der Waals surface area (Å²) in [6.07, 6.45) is 1.47. The zero-order valence-electron chi connectivity index (χ0n) is 10.4. The summed E-state index contributed by atoms with van der Waals surface area (Å²) in [5.74, 6) is 0.702. The fraction of sp³-hybridized carbons (Fsp3) is 0.500. The molecule has 2 nitrogen and oxygen atoms in total. The van der Waals surface area contributed by atoms with Gasteiger partial charge in [0.2, 0.25) is 5.91 Å². The van der Waals surface area contributed by atoms with Gasteiger partial charge in [0.15, 0.2) is 0 Å². The summed E-state index contributed by atoms with van der Waals surface area (Å²) in [4.78, 5) is 11.0. The van der Waals surface area contributed by atoms with Crippen LogP contribution >= 0.6 is 0 Å². The van der Waals surface area contributed by atoms with Crippen molar-refractivity contribution in [1.82, 2.24) is 5.32 Å². The van der Waals surface area contributed by atoms with E-state index in [4.69, 9.17) is 0 Å². The number of rotatable bonds is 5. The maximum absolute atomic E-state index is 11.0. The van der Waals surface area contributed by atoms with E-state index in [0.29, 0.717) is 12.3 Å². The van der Waals surface area contributed by atoms with E-state index < -0.39 is 0 Å². The highest BCUT2D eigenvalue weighted by molar-refractivity contribution is 5.75. The highest BCUT2D eigenvalue weighted by atomic mass is 16.1. The van der Waals surface area contributed by atoms with Gasteiger partial charge in [-0.05, 0) is 23.5 Å². The molecule has 2 heteroatoms. The molecular formula is C14H21NO. The lowest BCUT2D eigenvalue weighted by Crippen LogP contribution is -2.24. The summed E-state index contributed by atoms with van der Waals surface area (Å²) in [6.45, 7) is 6.98. The lowest BCUT2D eigenvalue weighted by atomic mass is 10.0. The van der Waals surface area contributed by atoms with Crippen LogP contribution in [0.3, 0.4) is 0 Å². The van der Waals surface area contributed by atoms with Gasteiger partial charge in [-0.3, -0.25) is 4.79 Å². The predicted molar refractivity (Wildman–Crippen MR) is 67.5 cm³/mol. The van der Waals surface area contributed by atoms with Crippen molar-refractivity contribution < 1.29 is 4.79 Å². The summed E-state index contributed by atoms with van der Waals surface area (Å²) in [7, 11) is 0. The van der Waals surface area contributed by atoms with Crippen LogP contribution in [-0.4, -0.2) is 12.5 Å². The number of hydrogen-bond donors (Lipinski definition) is 1. The Morgan fingerprint density at radius 2 is 1.88 bits per heavy atom. The van der Waals surface area contributed by atoms with Gasteiger partial charge in [-0.15, -0.1) is 0 Å². The Balaban J connectivity index is 2.40. The van der Waals surface area contributed by atoms with Gasteiger partial charge in [0.05, 0.1) is 0 Å². The largest absolute Gasteiger partial charge is 0.356 e. The third-order valence-corrected chi connectivity index (χ3v) is 2.70. The van der Waals surface area contributed by atoms with E-state index in [2.05, 4.69) is 43.4 Å². The maximum atomic E-state index is 11.0. The summed E-state index contributed by atoms with van der Waals surface area (Å²) in [5, 5.41) is 2.88. The molecule has 0 aromatic heterocycles. The van der Waals surface area contributed by atoms with Crippen molar-refractivity contribution in [2.75, 3.05) is 6.54 Å². The molecule has 0 radical (unpaired) electrons. The Hall–Kier alpha value is -1.31. The van der Waals surface area contributed by atoms with Crippen LogP contribution in [0.25, 0.3) is 0 Å². The molecule has 0 aliphatic rings. The van der Waals surface area contributed by atoms with E-state index in [9.17, 15) is 4.79 Å². The summed E-state index contributed by atoms with van der Waals surface area (Å²) < 4.78 is 0. The summed E-state index contributed by atoms with van der Waals surface area (Å²) in [6, 6.07) is 8.63. The molecule has 16 heavy (non-hydrogen) atoms. The van der Waals surface area contributed by atoms with Gasteiger partial charge in [0.1, 0.15) is 0 Å². The van der Waals surface area contributed by atoms with E-state index in [-0.39, 0.29) is 5.91 Å². The van der Waals surface area contributed by atoms with E-state index >= 15 is 0 Å². The Morgan fingerprint density at radius 3 is 2.38 bits per heavy atom. The molecule has 0 atom stereocenters. The number of carbonyl (C=O) groups is 1. The van der Waals surface area contributed by atoms with Crippen molar-refractivity contribution in [3.63, 3.8) is 0 Å². The van der Waals surface area contributed by atoms with Crippen LogP contribution in [0.1, 0.15) is 44.2 Å². The van der Waals surface area contributed by atoms with Crippen LogP contribution in [0.4, 0.5) is 0 Å². The van der Waals surface area contributed by atoms with E-state index in [1.165, 1.54) is 11.1 Å². The van der Waals surface area contributed by atoms with Gasteiger partial charge in [-0.25, -0.2) is 0 Å². The molecule has 88 valence electrons. The van der Waals surface area contributed by atoms with Gasteiger partial charge in [0.25, 0.3) is 0 Å². The number of carbonyl (C=O) groups excluding carboxylic acids is 1. The van der Waals surface area contributed by atoms with Crippen molar-refractivity contribution in [3.05, 3.63) is 35.4 Å². The monoisotopic (exact) mass is 219 g/mol. The number of benzene rings is 1. The molecule has 1 amide bonds. The van der Waals surface area contributed by atoms with Gasteiger partial charge in [-0.2, -0.15) is 0 Å². The molecule has 0 saturated heterocycles. The molecule has 0 fully saturated rings. The molecule has 0 aliphatic carbocycles. The quantitative estimate of drug-likeness (QED) is 0.810. The van der Waals surface area contributed by atoms with E-state index in [1.54, 1.807) is 0 Å². The zero-order chi connectivity index (χ0) is 12.0. The van der Waals surface area contributed by atoms with Crippen molar-refractivity contribution in [2.45, 2.75) is 39.5 Å². The van der Waals surface area contributed by atoms with Crippen LogP contribution in [0.15, 0.2) is 24.3 Å². The highest BCUT2D eigenvalue weighted by Gasteiger charge is 2.00. The lowest BCUT2D eigenvalue weighted by molar-refractivity contribution is -0.120. The zero-order valence-corrected chi connectivity index (χ0v) is 10.4. The van der Waals surface area contributed by atoms with Gasteiger partial charge >= 0.3 is 0 Å². The molecule has 0 aliphatic heterocycles. The number of nitrogens with one attached hydrogen (secondary N) is 1. The van der Waals surface area contributed by atoms with E-state index in [0.717, 1.165) is 13.0 Å². The van der Waals surface area contributed by atoms with Gasteiger partial charge in [0, 0.05) is 13.0 Å². The second-order valence-corrected chi connectivity index (χ2v) is 4.35. The van der Waals surface area contributed by atoms with Crippen LogP contribution < -0.4 is 5.32 Å². The molecule has 0 saturated carbocycles. The van der Waals surface area contributed by atoms with Crippen LogP contribution in [0.2, 0.25) is 0 Å². The van der Waals surface area contributed by atoms with Gasteiger partial charge in [-0.1, -0.05) is 45.0 Å². The standard InChI is InChI=1S/C14H21NO/c1-4-14(16)15-10-9-12-5-7-13(8-6-12)11(2)3/h5-8,11H,4,9-10H2,1-3H3,(H,15,16). The topological polar surface area (TPSA) is 29.1 Å². The molecule has 0 heterocycles. The fourth-order valence-corrected chi connectivity index (χ4v) is 1.54. The second kappa shape index (κ2) is 6.31. The fourth-order valence-electron chi connectivity index (χ4n) is 1.54. The average molecular weight is 219 g/mol. The average Bonchev–Trinajstić information content (AvgIpc) is 2.29. The molecular weight excluding hydrogens is 198 g/mol. The van der Waals surface area contributed by atoms with Crippen molar-refractivity contribution >= 4 is 5.91 Å². The SMILES string of the molecule is CCC(=O)NCCc1ccc(C(C)C)cc1. The maximum Gasteiger partial charge on any atom is 0.219 e. The molecule has 1 aromatic rings. The molecule has 1 N–H and O–H groups in total. The molecule has 0 bridgehead atoms. The minimum Gasteiger partial charge on any atom is -0.356 e.